The summed E-state index contributed by atoms with van der Waals surface area (Å²) in [5, 5.41) is 0. The highest BCUT2D eigenvalue weighted by atomic mass is 32.2. The second-order valence-electron chi connectivity index (χ2n) is 3.77. The van der Waals surface area contributed by atoms with E-state index in [4.69, 9.17) is 5.73 Å². The van der Waals surface area contributed by atoms with E-state index in [2.05, 4.69) is 0 Å². The first-order chi connectivity index (χ1) is 6.35. The molecule has 0 aromatic heterocycles. The van der Waals surface area contributed by atoms with Crippen molar-refractivity contribution in [2.24, 2.45) is 11.7 Å². The molecule has 2 N–H and O–H groups in total. The van der Waals surface area contributed by atoms with Gasteiger partial charge in [-0.1, -0.05) is 27.7 Å². The van der Waals surface area contributed by atoms with Crippen molar-refractivity contribution in [1.82, 2.24) is 4.31 Å². The molecule has 0 radical (unpaired) electrons. The van der Waals surface area contributed by atoms with Gasteiger partial charge in [0.15, 0.2) is 0 Å². The molecule has 1 unspecified atom stereocenters. The Hall–Kier alpha value is -0.130. The largest absolute Gasteiger partial charge is 0.326 e. The van der Waals surface area contributed by atoms with Crippen LogP contribution in [0, 0.1) is 5.92 Å². The lowest BCUT2D eigenvalue weighted by Crippen LogP contribution is -2.41. The molecule has 0 bridgehead atoms. The molecule has 0 aliphatic rings. The second kappa shape index (κ2) is 5.68. The molecule has 4 nitrogen and oxygen atoms in total. The highest BCUT2D eigenvalue weighted by molar-refractivity contribution is 7.89. The summed E-state index contributed by atoms with van der Waals surface area (Å²) in [4.78, 5) is 0. The minimum absolute atomic E-state index is 0.0480. The van der Waals surface area contributed by atoms with Gasteiger partial charge >= 0.3 is 0 Å². The quantitative estimate of drug-likeness (QED) is 0.717. The Morgan fingerprint density at radius 2 is 1.64 bits per heavy atom. The number of hydrogen-bond donors (Lipinski definition) is 1. The van der Waals surface area contributed by atoms with Gasteiger partial charge in [-0.2, -0.15) is 0 Å². The van der Waals surface area contributed by atoms with Crippen LogP contribution in [0.15, 0.2) is 0 Å². The first-order valence-electron chi connectivity index (χ1n) is 5.08. The Morgan fingerprint density at radius 3 is 1.93 bits per heavy atom. The number of sulfonamides is 1. The van der Waals surface area contributed by atoms with Crippen LogP contribution in [0.4, 0.5) is 0 Å². The van der Waals surface area contributed by atoms with Crippen molar-refractivity contribution in [3.05, 3.63) is 0 Å². The standard InChI is InChI=1S/C9H22N2O2S/c1-5-11(6-2)14(12,13)7-9(10)8(3)4/h8-9H,5-7,10H2,1-4H3. The van der Waals surface area contributed by atoms with Crippen LogP contribution < -0.4 is 5.73 Å². The van der Waals surface area contributed by atoms with Gasteiger partial charge in [0.1, 0.15) is 0 Å². The molecule has 86 valence electrons. The highest BCUT2D eigenvalue weighted by Gasteiger charge is 2.23. The number of nitrogens with two attached hydrogens (primary N) is 1. The van der Waals surface area contributed by atoms with Crippen LogP contribution in [0.25, 0.3) is 0 Å². The van der Waals surface area contributed by atoms with Crippen molar-refractivity contribution in [2.75, 3.05) is 18.8 Å². The molecule has 0 fully saturated rings. The monoisotopic (exact) mass is 222 g/mol. The van der Waals surface area contributed by atoms with E-state index < -0.39 is 10.0 Å². The van der Waals surface area contributed by atoms with Crippen molar-refractivity contribution in [1.29, 1.82) is 0 Å². The van der Waals surface area contributed by atoms with Crippen LogP contribution in [0.3, 0.4) is 0 Å². The van der Waals surface area contributed by atoms with Crippen LogP contribution in [-0.4, -0.2) is 37.6 Å². The number of rotatable bonds is 6. The molecule has 0 aromatic carbocycles. The Balaban J connectivity index is 4.48. The highest BCUT2D eigenvalue weighted by Crippen LogP contribution is 2.07. The van der Waals surface area contributed by atoms with E-state index in [-0.39, 0.29) is 17.7 Å². The van der Waals surface area contributed by atoms with Crippen LogP contribution in [0.1, 0.15) is 27.7 Å². The lowest BCUT2D eigenvalue weighted by atomic mass is 10.1. The van der Waals surface area contributed by atoms with Gasteiger partial charge in [-0.25, -0.2) is 12.7 Å². The summed E-state index contributed by atoms with van der Waals surface area (Å²) in [6, 6.07) is -0.277. The van der Waals surface area contributed by atoms with Crippen LogP contribution in [0.2, 0.25) is 0 Å². The molecule has 14 heavy (non-hydrogen) atoms. The zero-order valence-electron chi connectivity index (χ0n) is 9.53. The number of hydrogen-bond acceptors (Lipinski definition) is 3. The van der Waals surface area contributed by atoms with E-state index in [1.165, 1.54) is 4.31 Å². The van der Waals surface area contributed by atoms with Gasteiger partial charge in [0, 0.05) is 19.1 Å². The maximum Gasteiger partial charge on any atom is 0.215 e. The Bertz CT molecular complexity index is 246. The molecule has 0 aliphatic heterocycles. The molecule has 0 spiro atoms. The molecule has 0 saturated heterocycles. The van der Waals surface area contributed by atoms with E-state index in [9.17, 15) is 8.42 Å². The van der Waals surface area contributed by atoms with E-state index in [0.29, 0.717) is 13.1 Å². The minimum atomic E-state index is -3.16. The predicted molar refractivity (Wildman–Crippen MR) is 59.5 cm³/mol. The van der Waals surface area contributed by atoms with Crippen LogP contribution in [-0.2, 0) is 10.0 Å². The van der Waals surface area contributed by atoms with Gasteiger partial charge < -0.3 is 5.73 Å². The zero-order chi connectivity index (χ0) is 11.4. The maximum atomic E-state index is 11.8. The lowest BCUT2D eigenvalue weighted by molar-refractivity contribution is 0.432. The fourth-order valence-corrected chi connectivity index (χ4v) is 3.03. The Kier molecular flexibility index (Phi) is 5.63. The van der Waals surface area contributed by atoms with E-state index in [0.717, 1.165) is 0 Å². The van der Waals surface area contributed by atoms with E-state index in [1.54, 1.807) is 0 Å². The maximum absolute atomic E-state index is 11.8. The summed E-state index contributed by atoms with van der Waals surface area (Å²) in [5.74, 6) is 0.243. The summed E-state index contributed by atoms with van der Waals surface area (Å²) < 4.78 is 25.0. The van der Waals surface area contributed by atoms with Gasteiger partial charge in [-0.15, -0.1) is 0 Å². The van der Waals surface area contributed by atoms with Crippen molar-refractivity contribution >= 4 is 10.0 Å². The average Bonchev–Trinajstić information content (AvgIpc) is 2.04. The second-order valence-corrected chi connectivity index (χ2v) is 5.78. The lowest BCUT2D eigenvalue weighted by Gasteiger charge is -2.22. The summed E-state index contributed by atoms with van der Waals surface area (Å²) in [6.45, 7) is 8.57. The minimum Gasteiger partial charge on any atom is -0.326 e. The van der Waals surface area contributed by atoms with Crippen molar-refractivity contribution < 1.29 is 8.42 Å². The van der Waals surface area contributed by atoms with Gasteiger partial charge in [0.05, 0.1) is 5.75 Å². The van der Waals surface area contributed by atoms with Crippen molar-refractivity contribution in [3.63, 3.8) is 0 Å². The fourth-order valence-electron chi connectivity index (χ4n) is 1.16. The van der Waals surface area contributed by atoms with Crippen molar-refractivity contribution in [2.45, 2.75) is 33.7 Å². The summed E-state index contributed by atoms with van der Waals surface area (Å²) in [5.41, 5.74) is 5.74. The predicted octanol–water partition coefficient (Wildman–Crippen LogP) is 0.641. The molecule has 0 aliphatic carbocycles. The van der Waals surface area contributed by atoms with Gasteiger partial charge in [0.2, 0.25) is 10.0 Å². The molecular weight excluding hydrogens is 200 g/mol. The molecular formula is C9H22N2O2S. The molecule has 0 aromatic rings. The smallest absolute Gasteiger partial charge is 0.215 e. The third kappa shape index (κ3) is 3.94. The first kappa shape index (κ1) is 13.9. The third-order valence-electron chi connectivity index (χ3n) is 2.36. The van der Waals surface area contributed by atoms with E-state index in [1.807, 2.05) is 27.7 Å². The topological polar surface area (TPSA) is 63.4 Å². The molecule has 0 rings (SSSR count). The van der Waals surface area contributed by atoms with E-state index >= 15 is 0 Å². The summed E-state index contributed by atoms with van der Waals surface area (Å²) in [6.07, 6.45) is 0. The molecule has 5 heteroatoms. The molecule has 0 heterocycles. The van der Waals surface area contributed by atoms with Crippen LogP contribution >= 0.6 is 0 Å². The third-order valence-corrected chi connectivity index (χ3v) is 4.47. The molecule has 1 atom stereocenters. The van der Waals surface area contributed by atoms with Gasteiger partial charge in [-0.3, -0.25) is 0 Å². The van der Waals surface area contributed by atoms with Gasteiger partial charge in [-0.05, 0) is 5.92 Å². The van der Waals surface area contributed by atoms with Gasteiger partial charge in [0.25, 0.3) is 0 Å². The normalized spacial score (nSPS) is 15.1. The van der Waals surface area contributed by atoms with Crippen LogP contribution in [0.5, 0.6) is 0 Å². The zero-order valence-corrected chi connectivity index (χ0v) is 10.3. The molecule has 0 saturated carbocycles. The summed E-state index contributed by atoms with van der Waals surface area (Å²) >= 11 is 0. The summed E-state index contributed by atoms with van der Waals surface area (Å²) in [7, 11) is -3.16. The average molecular weight is 222 g/mol. The first-order valence-corrected chi connectivity index (χ1v) is 6.69. The van der Waals surface area contributed by atoms with Crippen molar-refractivity contribution in [3.8, 4) is 0 Å². The SMILES string of the molecule is CCN(CC)S(=O)(=O)CC(N)C(C)C. The fraction of sp³-hybridized carbons (Fsp3) is 1.00. The Morgan fingerprint density at radius 1 is 1.21 bits per heavy atom. The molecule has 0 amide bonds. The Labute approximate surface area is 87.5 Å². The number of nitrogens with zero attached hydrogens (tertiary/aromatic N) is 1.